The van der Waals surface area contributed by atoms with Crippen LogP contribution in [0.3, 0.4) is 0 Å². The molecule has 0 saturated carbocycles. The van der Waals surface area contributed by atoms with Gasteiger partial charge < -0.3 is 24.9 Å². The minimum absolute atomic E-state index is 0.0416. The number of hydrogen-bond acceptors (Lipinski definition) is 6. The van der Waals surface area contributed by atoms with Gasteiger partial charge in [0.2, 0.25) is 5.91 Å². The van der Waals surface area contributed by atoms with Gasteiger partial charge in [-0.3, -0.25) is 13.8 Å². The van der Waals surface area contributed by atoms with Crippen LogP contribution in [0.4, 0.5) is 0 Å². The third-order valence-corrected chi connectivity index (χ3v) is 9.64. The number of aliphatic hydroxyl groups excluding tert-OH is 2. The van der Waals surface area contributed by atoms with Gasteiger partial charge in [0.15, 0.2) is 0 Å². The lowest BCUT2D eigenvalue weighted by Crippen LogP contribution is -2.45. The Morgan fingerprint density at radius 3 is 1.98 bits per heavy atom. The summed E-state index contributed by atoms with van der Waals surface area (Å²) in [7, 11) is 1.50. The molecule has 298 valence electrons. The van der Waals surface area contributed by atoms with Crippen LogP contribution in [0.1, 0.15) is 149 Å². The zero-order chi connectivity index (χ0) is 38.1. The highest BCUT2D eigenvalue weighted by molar-refractivity contribution is 7.47. The van der Waals surface area contributed by atoms with Crippen molar-refractivity contribution in [1.82, 2.24) is 5.32 Å². The van der Waals surface area contributed by atoms with Crippen molar-refractivity contribution in [3.05, 3.63) is 48.6 Å². The van der Waals surface area contributed by atoms with E-state index in [0.717, 1.165) is 57.8 Å². The summed E-state index contributed by atoms with van der Waals surface area (Å²) in [6.45, 7) is 4.57. The van der Waals surface area contributed by atoms with Gasteiger partial charge in [-0.2, -0.15) is 0 Å². The number of rotatable bonds is 35. The van der Waals surface area contributed by atoms with E-state index in [1.165, 1.54) is 57.8 Å². The van der Waals surface area contributed by atoms with Gasteiger partial charge in [0.05, 0.1) is 46.0 Å². The number of aliphatic hydroxyl groups is 2. The first kappa shape index (κ1) is 49.4. The molecule has 4 atom stereocenters. The highest BCUT2D eigenvalue weighted by Gasteiger charge is 2.27. The van der Waals surface area contributed by atoms with Crippen molar-refractivity contribution in [3.63, 3.8) is 0 Å². The molecular formula is C41H78N2O7P+. The van der Waals surface area contributed by atoms with Crippen molar-refractivity contribution in [2.45, 2.75) is 167 Å². The molecule has 0 fully saturated rings. The first-order valence-electron chi connectivity index (χ1n) is 20.1. The topological polar surface area (TPSA) is 125 Å². The number of nitrogens with one attached hydrogen (secondary N) is 1. The van der Waals surface area contributed by atoms with Gasteiger partial charge in [0.25, 0.3) is 0 Å². The van der Waals surface area contributed by atoms with E-state index in [4.69, 9.17) is 9.05 Å². The van der Waals surface area contributed by atoms with Crippen LogP contribution in [0.25, 0.3) is 0 Å². The lowest BCUT2D eigenvalue weighted by atomic mass is 10.0. The average Bonchev–Trinajstić information content (AvgIpc) is 3.07. The Kier molecular flexibility index (Phi) is 32.0. The largest absolute Gasteiger partial charge is 0.472 e. The summed E-state index contributed by atoms with van der Waals surface area (Å²) < 4.78 is 23.4. The average molecular weight is 742 g/mol. The minimum atomic E-state index is -4.36. The van der Waals surface area contributed by atoms with E-state index in [-0.39, 0.29) is 25.5 Å². The van der Waals surface area contributed by atoms with Gasteiger partial charge >= 0.3 is 7.82 Å². The Morgan fingerprint density at radius 1 is 0.745 bits per heavy atom. The number of hydrogen-bond donors (Lipinski definition) is 4. The van der Waals surface area contributed by atoms with Gasteiger partial charge in [-0.15, -0.1) is 0 Å². The van der Waals surface area contributed by atoms with E-state index < -0.39 is 26.1 Å². The van der Waals surface area contributed by atoms with Gasteiger partial charge in [-0.05, 0) is 38.5 Å². The molecule has 0 saturated heterocycles. The number of phosphoric acid groups is 1. The molecule has 0 aliphatic carbocycles. The molecule has 10 heteroatoms. The smallest absolute Gasteiger partial charge is 0.389 e. The van der Waals surface area contributed by atoms with Crippen molar-refractivity contribution in [2.24, 2.45) is 0 Å². The number of quaternary nitrogens is 1. The van der Waals surface area contributed by atoms with E-state index in [1.54, 1.807) is 6.08 Å². The molecule has 9 nitrogen and oxygen atoms in total. The molecular weight excluding hydrogens is 663 g/mol. The predicted molar refractivity (Wildman–Crippen MR) is 213 cm³/mol. The van der Waals surface area contributed by atoms with Crippen LogP contribution in [0.15, 0.2) is 48.6 Å². The highest BCUT2D eigenvalue weighted by Crippen LogP contribution is 2.43. The Hall–Kier alpha value is -1.58. The summed E-state index contributed by atoms with van der Waals surface area (Å²) in [5.74, 6) is -0.237. The summed E-state index contributed by atoms with van der Waals surface area (Å²) in [6, 6.07) is -0.884. The summed E-state index contributed by atoms with van der Waals surface area (Å²) in [5.41, 5.74) is 0. The number of unbranched alkanes of at least 4 members (excludes halogenated alkanes) is 15. The molecule has 0 aliphatic rings. The number of likely N-dealkylation sites (N-methyl/N-ethyl adjacent to an activating group) is 1. The van der Waals surface area contributed by atoms with Gasteiger partial charge in [-0.25, -0.2) is 4.57 Å². The number of carbonyl (C=O) groups excluding carboxylic acids is 1. The Labute approximate surface area is 312 Å². The van der Waals surface area contributed by atoms with Crippen molar-refractivity contribution in [2.75, 3.05) is 40.9 Å². The second-order valence-corrected chi connectivity index (χ2v) is 16.3. The second kappa shape index (κ2) is 33.0. The molecule has 0 spiro atoms. The number of carbonyl (C=O) groups is 1. The number of amides is 1. The molecule has 0 aromatic carbocycles. The summed E-state index contributed by atoms with van der Waals surface area (Å²) in [4.78, 5) is 23.0. The van der Waals surface area contributed by atoms with Crippen molar-refractivity contribution >= 4 is 13.7 Å². The molecule has 0 aromatic rings. The molecule has 0 radical (unpaired) electrons. The first-order valence-corrected chi connectivity index (χ1v) is 21.6. The zero-order valence-electron chi connectivity index (χ0n) is 33.2. The Bertz CT molecular complexity index is 993. The molecule has 0 heterocycles. The second-order valence-electron chi connectivity index (χ2n) is 14.8. The standard InChI is InChI=1S/C41H77N2O7P/c1-6-8-10-12-14-15-16-17-18-19-21-25-29-33-40(45)39(37-50-51(47,48)49-36-35-43(3,4)5)42-41(46)34-30-26-22-24-28-32-38(44)31-27-23-20-13-11-9-7-2/h9,11,20,23,27,29,31,33,38-40,44-45H,6-8,10,12-19,21-22,24-26,28,30,32,34-37H2,1-5H3,(H-,42,46,47,48)/p+1/b11-9+,23-20+,31-27+,33-29+/t38?,39-,40+/m0/s1. The predicted octanol–water partition coefficient (Wildman–Crippen LogP) is 9.49. The van der Waals surface area contributed by atoms with Crippen LogP contribution in [0.5, 0.6) is 0 Å². The van der Waals surface area contributed by atoms with Crippen LogP contribution >= 0.6 is 7.82 Å². The van der Waals surface area contributed by atoms with Crippen LogP contribution in [-0.4, -0.2) is 84.6 Å². The third kappa shape index (κ3) is 35.2. The fourth-order valence-corrected chi connectivity index (χ4v) is 6.14. The van der Waals surface area contributed by atoms with E-state index in [1.807, 2.05) is 45.4 Å². The monoisotopic (exact) mass is 742 g/mol. The normalized spacial score (nSPS) is 15.7. The fraction of sp³-hybridized carbons (Fsp3) is 0.780. The van der Waals surface area contributed by atoms with Gasteiger partial charge in [0.1, 0.15) is 13.2 Å². The molecule has 0 aliphatic heterocycles. The third-order valence-electron chi connectivity index (χ3n) is 8.66. The van der Waals surface area contributed by atoms with Crippen molar-refractivity contribution in [3.8, 4) is 0 Å². The first-order chi connectivity index (χ1) is 24.4. The van der Waals surface area contributed by atoms with E-state index >= 15 is 0 Å². The molecule has 0 aromatic heterocycles. The van der Waals surface area contributed by atoms with Crippen LogP contribution in [0, 0.1) is 0 Å². The number of allylic oxidation sites excluding steroid dienone is 6. The maximum atomic E-state index is 12.8. The molecule has 51 heavy (non-hydrogen) atoms. The van der Waals surface area contributed by atoms with Crippen LogP contribution in [0.2, 0.25) is 0 Å². The van der Waals surface area contributed by atoms with E-state index in [9.17, 15) is 24.5 Å². The van der Waals surface area contributed by atoms with Crippen molar-refractivity contribution < 1.29 is 38.0 Å². The lowest BCUT2D eigenvalue weighted by Gasteiger charge is -2.25. The molecule has 2 unspecified atom stereocenters. The zero-order valence-corrected chi connectivity index (χ0v) is 34.1. The lowest BCUT2D eigenvalue weighted by molar-refractivity contribution is -0.870. The number of nitrogens with zero attached hydrogens (tertiary/aromatic N) is 1. The summed E-state index contributed by atoms with van der Waals surface area (Å²) in [6.07, 6.45) is 36.2. The van der Waals surface area contributed by atoms with E-state index in [0.29, 0.717) is 23.9 Å². The number of phosphoric ester groups is 1. The highest BCUT2D eigenvalue weighted by atomic mass is 31.2. The van der Waals surface area contributed by atoms with Crippen LogP contribution in [-0.2, 0) is 18.4 Å². The maximum absolute atomic E-state index is 12.8. The minimum Gasteiger partial charge on any atom is -0.389 e. The maximum Gasteiger partial charge on any atom is 0.472 e. The van der Waals surface area contributed by atoms with Gasteiger partial charge in [-0.1, -0.05) is 152 Å². The quantitative estimate of drug-likeness (QED) is 0.0168. The SMILES string of the molecule is CC/C=C/C/C=C/C=C/C(O)CCCCCCCC(=O)N[C@@H](COP(=O)(O)OCC[N+](C)(C)C)[C@H](O)/C=C/CCCCCCCCCCCCC. The Morgan fingerprint density at radius 2 is 1.35 bits per heavy atom. The summed E-state index contributed by atoms with van der Waals surface area (Å²) in [5, 5.41) is 23.9. The van der Waals surface area contributed by atoms with Crippen LogP contribution < -0.4 is 5.32 Å². The van der Waals surface area contributed by atoms with E-state index in [2.05, 4.69) is 37.4 Å². The molecule has 0 rings (SSSR count). The van der Waals surface area contributed by atoms with Gasteiger partial charge in [0, 0.05) is 6.42 Å². The fourth-order valence-electron chi connectivity index (χ4n) is 5.40. The Balaban J connectivity index is 4.61. The summed E-state index contributed by atoms with van der Waals surface area (Å²) >= 11 is 0. The molecule has 4 N–H and O–H groups in total. The molecule has 0 bridgehead atoms. The molecule has 1 amide bonds. The van der Waals surface area contributed by atoms with Crippen molar-refractivity contribution in [1.29, 1.82) is 0 Å².